The maximum Gasteiger partial charge on any atom is 0.221 e. The van der Waals surface area contributed by atoms with Crippen LogP contribution in [0.1, 0.15) is 52.9 Å². The molecule has 4 nitrogen and oxygen atoms in total. The van der Waals surface area contributed by atoms with E-state index in [1.165, 1.54) is 19.3 Å². The lowest BCUT2D eigenvalue weighted by molar-refractivity contribution is -0.122. The van der Waals surface area contributed by atoms with Crippen LogP contribution in [-0.4, -0.2) is 43.0 Å². The molecule has 1 aliphatic rings. The third-order valence-corrected chi connectivity index (χ3v) is 4.91. The highest BCUT2D eigenvalue weighted by Gasteiger charge is 2.37. The monoisotopic (exact) mass is 283 g/mol. The topological polar surface area (TPSA) is 58.4 Å². The number of hydrogen-bond acceptors (Lipinski definition) is 3. The molecule has 1 fully saturated rings. The number of carbonyl (C=O) groups is 1. The van der Waals surface area contributed by atoms with E-state index in [9.17, 15) is 4.79 Å². The fourth-order valence-electron chi connectivity index (χ4n) is 3.14. The van der Waals surface area contributed by atoms with Crippen molar-refractivity contribution in [3.8, 4) is 0 Å². The molecule has 1 aliphatic carbocycles. The fraction of sp³-hybridized carbons (Fsp3) is 0.938. The first kappa shape index (κ1) is 17.4. The van der Waals surface area contributed by atoms with Crippen LogP contribution in [0.5, 0.6) is 0 Å². The third-order valence-electron chi connectivity index (χ3n) is 4.91. The number of nitrogens with one attached hydrogen (secondary N) is 1. The molecule has 4 heteroatoms. The van der Waals surface area contributed by atoms with Crippen molar-refractivity contribution in [1.82, 2.24) is 10.2 Å². The first-order valence-electron chi connectivity index (χ1n) is 7.96. The minimum atomic E-state index is -0.0458. The summed E-state index contributed by atoms with van der Waals surface area (Å²) in [6.45, 7) is 7.17. The van der Waals surface area contributed by atoms with Gasteiger partial charge in [-0.05, 0) is 38.8 Å². The Balaban J connectivity index is 2.53. The molecule has 0 radical (unpaired) electrons. The molecular weight excluding hydrogens is 250 g/mol. The Morgan fingerprint density at radius 2 is 2.10 bits per heavy atom. The van der Waals surface area contributed by atoms with Gasteiger partial charge in [-0.25, -0.2) is 0 Å². The van der Waals surface area contributed by atoms with Crippen LogP contribution in [0, 0.1) is 11.8 Å². The summed E-state index contributed by atoms with van der Waals surface area (Å²) < 4.78 is 0. The summed E-state index contributed by atoms with van der Waals surface area (Å²) in [5.41, 5.74) is 6.09. The van der Waals surface area contributed by atoms with Crippen molar-refractivity contribution in [2.75, 3.05) is 20.6 Å². The Labute approximate surface area is 124 Å². The zero-order valence-electron chi connectivity index (χ0n) is 13.9. The van der Waals surface area contributed by atoms with Crippen LogP contribution in [0.15, 0.2) is 0 Å². The molecule has 1 amide bonds. The highest BCUT2D eigenvalue weighted by Crippen LogP contribution is 2.35. The van der Waals surface area contributed by atoms with E-state index in [1.807, 2.05) is 0 Å². The molecule has 0 aromatic carbocycles. The molecule has 0 aromatic rings. The number of nitrogens with two attached hydrogens (primary N) is 1. The Hall–Kier alpha value is -0.610. The second-order valence-electron chi connectivity index (χ2n) is 7.21. The zero-order valence-corrected chi connectivity index (χ0v) is 13.9. The first-order valence-corrected chi connectivity index (χ1v) is 7.96. The SMILES string of the molecule is CC1CCCC(CNC(=O)CC(N)C(C)C)(N(C)C)C1. The van der Waals surface area contributed by atoms with Crippen LogP contribution in [0.2, 0.25) is 0 Å². The molecule has 0 bridgehead atoms. The van der Waals surface area contributed by atoms with Gasteiger partial charge in [-0.15, -0.1) is 0 Å². The molecule has 1 saturated carbocycles. The summed E-state index contributed by atoms with van der Waals surface area (Å²) in [6.07, 6.45) is 5.32. The van der Waals surface area contributed by atoms with E-state index in [0.717, 1.165) is 18.9 Å². The number of amides is 1. The fourth-order valence-corrected chi connectivity index (χ4v) is 3.14. The lowest BCUT2D eigenvalue weighted by atomic mass is 9.75. The molecule has 0 heterocycles. The number of rotatable bonds is 6. The Bertz CT molecular complexity index is 317. The van der Waals surface area contributed by atoms with E-state index in [4.69, 9.17) is 5.73 Å². The number of nitrogens with zero attached hydrogens (tertiary/aromatic N) is 1. The smallest absolute Gasteiger partial charge is 0.221 e. The van der Waals surface area contributed by atoms with Crippen LogP contribution in [0.25, 0.3) is 0 Å². The van der Waals surface area contributed by atoms with Crippen LogP contribution in [0.3, 0.4) is 0 Å². The summed E-state index contributed by atoms with van der Waals surface area (Å²) in [7, 11) is 4.26. The normalized spacial score (nSPS) is 28.7. The van der Waals surface area contributed by atoms with Crippen molar-refractivity contribution >= 4 is 5.91 Å². The molecule has 0 aliphatic heterocycles. The molecule has 3 unspecified atom stereocenters. The van der Waals surface area contributed by atoms with Gasteiger partial charge in [-0.2, -0.15) is 0 Å². The lowest BCUT2D eigenvalue weighted by Crippen LogP contribution is -2.55. The van der Waals surface area contributed by atoms with E-state index < -0.39 is 0 Å². The molecule has 0 saturated heterocycles. The molecule has 20 heavy (non-hydrogen) atoms. The van der Waals surface area contributed by atoms with Gasteiger partial charge in [-0.1, -0.05) is 33.6 Å². The van der Waals surface area contributed by atoms with E-state index in [0.29, 0.717) is 12.3 Å². The summed E-state index contributed by atoms with van der Waals surface area (Å²) in [5.74, 6) is 1.17. The van der Waals surface area contributed by atoms with Crippen molar-refractivity contribution in [2.45, 2.75) is 64.5 Å². The van der Waals surface area contributed by atoms with Crippen molar-refractivity contribution in [3.63, 3.8) is 0 Å². The number of hydrogen-bond donors (Lipinski definition) is 2. The average molecular weight is 283 g/mol. The molecule has 0 aromatic heterocycles. The van der Waals surface area contributed by atoms with Gasteiger partial charge in [0.05, 0.1) is 0 Å². The number of likely N-dealkylation sites (N-methyl/N-ethyl adjacent to an activating group) is 1. The van der Waals surface area contributed by atoms with E-state index >= 15 is 0 Å². The van der Waals surface area contributed by atoms with Gasteiger partial charge in [0, 0.05) is 24.5 Å². The van der Waals surface area contributed by atoms with Crippen LogP contribution in [-0.2, 0) is 4.79 Å². The van der Waals surface area contributed by atoms with Crippen molar-refractivity contribution in [2.24, 2.45) is 17.6 Å². The van der Waals surface area contributed by atoms with Gasteiger partial charge in [0.2, 0.25) is 5.91 Å². The zero-order chi connectivity index (χ0) is 15.3. The minimum absolute atomic E-state index is 0.0458. The van der Waals surface area contributed by atoms with Crippen molar-refractivity contribution in [3.05, 3.63) is 0 Å². The maximum absolute atomic E-state index is 12.0. The standard InChI is InChI=1S/C16H33N3O/c1-12(2)14(17)9-15(20)18-11-16(19(4)5)8-6-7-13(3)10-16/h12-14H,6-11,17H2,1-5H3,(H,18,20). The van der Waals surface area contributed by atoms with Gasteiger partial charge >= 0.3 is 0 Å². The molecule has 3 atom stereocenters. The van der Waals surface area contributed by atoms with Crippen LogP contribution in [0.4, 0.5) is 0 Å². The van der Waals surface area contributed by atoms with E-state index in [-0.39, 0.29) is 17.5 Å². The largest absolute Gasteiger partial charge is 0.354 e. The van der Waals surface area contributed by atoms with Gasteiger partial charge in [-0.3, -0.25) is 4.79 Å². The molecule has 0 spiro atoms. The maximum atomic E-state index is 12.0. The highest BCUT2D eigenvalue weighted by atomic mass is 16.1. The summed E-state index contributed by atoms with van der Waals surface area (Å²) in [6, 6.07) is -0.0458. The Kier molecular flexibility index (Phi) is 6.46. The second-order valence-corrected chi connectivity index (χ2v) is 7.21. The molecule has 3 N–H and O–H groups in total. The van der Waals surface area contributed by atoms with Gasteiger partial charge in [0.1, 0.15) is 0 Å². The van der Waals surface area contributed by atoms with E-state index in [2.05, 4.69) is 45.1 Å². The summed E-state index contributed by atoms with van der Waals surface area (Å²) in [4.78, 5) is 14.3. The van der Waals surface area contributed by atoms with E-state index in [1.54, 1.807) is 0 Å². The average Bonchev–Trinajstić information content (AvgIpc) is 2.36. The Morgan fingerprint density at radius 1 is 1.45 bits per heavy atom. The van der Waals surface area contributed by atoms with Gasteiger partial charge in [0.15, 0.2) is 0 Å². The number of carbonyl (C=O) groups excluding carboxylic acids is 1. The summed E-state index contributed by atoms with van der Waals surface area (Å²) >= 11 is 0. The highest BCUT2D eigenvalue weighted by molar-refractivity contribution is 5.76. The predicted molar refractivity (Wildman–Crippen MR) is 84.5 cm³/mol. The summed E-state index contributed by atoms with van der Waals surface area (Å²) in [5, 5.41) is 3.12. The first-order chi connectivity index (χ1) is 9.27. The third kappa shape index (κ3) is 4.74. The lowest BCUT2D eigenvalue weighted by Gasteiger charge is -2.45. The Morgan fingerprint density at radius 3 is 2.60 bits per heavy atom. The predicted octanol–water partition coefficient (Wildman–Crippen LogP) is 1.99. The molecular formula is C16H33N3O. The van der Waals surface area contributed by atoms with Crippen molar-refractivity contribution in [1.29, 1.82) is 0 Å². The van der Waals surface area contributed by atoms with Crippen molar-refractivity contribution < 1.29 is 4.79 Å². The van der Waals surface area contributed by atoms with Gasteiger partial charge in [0.25, 0.3) is 0 Å². The van der Waals surface area contributed by atoms with Gasteiger partial charge < -0.3 is 16.0 Å². The minimum Gasteiger partial charge on any atom is -0.354 e. The molecule has 118 valence electrons. The van der Waals surface area contributed by atoms with Crippen LogP contribution >= 0.6 is 0 Å². The second kappa shape index (κ2) is 7.41. The quantitative estimate of drug-likeness (QED) is 0.784. The molecule has 1 rings (SSSR count). The van der Waals surface area contributed by atoms with Crippen LogP contribution < -0.4 is 11.1 Å².